The number of nitrogens with zero attached hydrogens (tertiary/aromatic N) is 1. The topological polar surface area (TPSA) is 3.88 Å². The van der Waals surface area contributed by atoms with Gasteiger partial charge in [0.25, 0.3) is 0 Å². The number of hydrogen-bond acceptors (Lipinski definition) is 1. The Hall–Kier alpha value is -1.19. The summed E-state index contributed by atoms with van der Waals surface area (Å²) in [4.78, 5) is 0. The molecule has 92 valence electrons. The van der Waals surface area contributed by atoms with E-state index in [1.54, 1.807) is 0 Å². The maximum atomic E-state index is 2.30. The van der Waals surface area contributed by atoms with Gasteiger partial charge in [-0.15, -0.1) is 0 Å². The van der Waals surface area contributed by atoms with E-state index in [1.165, 1.54) is 20.8 Å². The molecule has 1 nitrogen and oxygen atoms in total. The molecule has 0 aliphatic heterocycles. The van der Waals surface area contributed by atoms with Gasteiger partial charge < -0.3 is 17.0 Å². The maximum absolute atomic E-state index is 2.30. The van der Waals surface area contributed by atoms with E-state index in [0.717, 1.165) is 6.42 Å². The van der Waals surface area contributed by atoms with Crippen molar-refractivity contribution in [1.29, 1.82) is 0 Å². The summed E-state index contributed by atoms with van der Waals surface area (Å²) >= 11 is 1.88. The van der Waals surface area contributed by atoms with Crippen molar-refractivity contribution in [1.82, 2.24) is 0 Å². The molecule has 3 heteroatoms. The smallest absolute Gasteiger partial charge is 0.242 e. The third-order valence-electron chi connectivity index (χ3n) is 3.03. The molecule has 0 N–H and O–H groups in total. The van der Waals surface area contributed by atoms with Crippen LogP contribution in [0.5, 0.6) is 0 Å². The van der Waals surface area contributed by atoms with Gasteiger partial charge in [-0.3, -0.25) is 0 Å². The Morgan fingerprint density at radius 2 is 1.61 bits per heavy atom. The molecule has 0 radical (unpaired) electrons. The first kappa shape index (κ1) is 13.2. The van der Waals surface area contributed by atoms with Crippen LogP contribution >= 0.6 is 11.3 Å². The number of para-hydroxylation sites is 1. The van der Waals surface area contributed by atoms with E-state index in [9.17, 15) is 0 Å². The molecule has 3 rings (SSSR count). The first-order chi connectivity index (χ1) is 8.34. The first-order valence-corrected chi connectivity index (χ1v) is 6.56. The van der Waals surface area contributed by atoms with Gasteiger partial charge >= 0.3 is 0 Å². The number of benzene rings is 2. The van der Waals surface area contributed by atoms with Crippen molar-refractivity contribution < 1.29 is 21.5 Å². The second kappa shape index (κ2) is 5.63. The monoisotopic (exact) mass is 319 g/mol. The largest absolute Gasteiger partial charge is 1.00 e. The standard InChI is InChI=1S/C15H14NS.BrH/c1-16-13-9-5-6-10-14(13)17-15(16)11-12-7-3-2-4-8-12;/h2-10H,11H2,1H3;1H/q+1;/p-1. The molecule has 1 heterocycles. The van der Waals surface area contributed by atoms with Gasteiger partial charge in [0.2, 0.25) is 10.5 Å². The number of fused-ring (bicyclic) bond motifs is 1. The molecule has 0 aliphatic rings. The van der Waals surface area contributed by atoms with Crippen LogP contribution in [0, 0.1) is 0 Å². The second-order valence-electron chi connectivity index (χ2n) is 4.18. The highest BCUT2D eigenvalue weighted by atomic mass is 79.9. The third kappa shape index (κ3) is 2.47. The number of halogens is 1. The molecular weight excluding hydrogens is 306 g/mol. The summed E-state index contributed by atoms with van der Waals surface area (Å²) in [6.45, 7) is 0. The molecule has 18 heavy (non-hydrogen) atoms. The van der Waals surface area contributed by atoms with Gasteiger partial charge in [-0.2, -0.15) is 4.57 Å². The minimum atomic E-state index is 0. The molecule has 3 aromatic rings. The van der Waals surface area contributed by atoms with E-state index >= 15 is 0 Å². The predicted molar refractivity (Wildman–Crippen MR) is 72.2 cm³/mol. The fourth-order valence-corrected chi connectivity index (χ4v) is 3.26. The summed E-state index contributed by atoms with van der Waals surface area (Å²) in [5, 5.41) is 1.40. The average molecular weight is 320 g/mol. The van der Waals surface area contributed by atoms with Gasteiger partial charge in [0.05, 0.1) is 6.42 Å². The molecule has 0 spiro atoms. The van der Waals surface area contributed by atoms with Crippen LogP contribution in [0.3, 0.4) is 0 Å². The minimum absolute atomic E-state index is 0. The van der Waals surface area contributed by atoms with Crippen molar-refractivity contribution in [3.05, 3.63) is 65.2 Å². The summed E-state index contributed by atoms with van der Waals surface area (Å²) in [7, 11) is 2.15. The zero-order chi connectivity index (χ0) is 11.7. The zero-order valence-electron chi connectivity index (χ0n) is 10.1. The SMILES string of the molecule is C[n+]1c(Cc2ccccc2)sc2ccccc21.[Br-]. The quantitative estimate of drug-likeness (QED) is 0.599. The fourth-order valence-electron chi connectivity index (χ4n) is 2.08. The van der Waals surface area contributed by atoms with Crippen molar-refractivity contribution in [2.75, 3.05) is 0 Å². The van der Waals surface area contributed by atoms with Gasteiger partial charge in [-0.05, 0) is 11.6 Å². The van der Waals surface area contributed by atoms with Crippen molar-refractivity contribution in [3.63, 3.8) is 0 Å². The highest BCUT2D eigenvalue weighted by Crippen LogP contribution is 2.21. The molecule has 2 aromatic carbocycles. The van der Waals surface area contributed by atoms with Crippen LogP contribution < -0.4 is 21.5 Å². The van der Waals surface area contributed by atoms with Crippen LogP contribution in [-0.4, -0.2) is 0 Å². The van der Waals surface area contributed by atoms with E-state index in [0.29, 0.717) is 0 Å². The predicted octanol–water partition coefficient (Wildman–Crippen LogP) is 0.321. The molecule has 0 amide bonds. The van der Waals surface area contributed by atoms with Crippen LogP contribution in [0.15, 0.2) is 54.6 Å². The Morgan fingerprint density at radius 1 is 0.944 bits per heavy atom. The Bertz CT molecular complexity index is 646. The van der Waals surface area contributed by atoms with Gasteiger partial charge in [0, 0.05) is 6.07 Å². The minimum Gasteiger partial charge on any atom is -1.00 e. The Balaban J connectivity index is 0.00000120. The number of aryl methyl sites for hydroxylation is 1. The zero-order valence-corrected chi connectivity index (χ0v) is 12.5. The Labute approximate surface area is 121 Å². The first-order valence-electron chi connectivity index (χ1n) is 5.75. The maximum Gasteiger partial charge on any atom is 0.242 e. The Kier molecular flexibility index (Phi) is 4.15. The summed E-state index contributed by atoms with van der Waals surface area (Å²) < 4.78 is 3.66. The van der Waals surface area contributed by atoms with Crippen molar-refractivity contribution >= 4 is 21.6 Å². The van der Waals surface area contributed by atoms with E-state index in [4.69, 9.17) is 0 Å². The molecule has 0 bridgehead atoms. The van der Waals surface area contributed by atoms with Crippen LogP contribution in [0.2, 0.25) is 0 Å². The molecule has 1 aromatic heterocycles. The number of thiazole rings is 1. The molecule has 0 atom stereocenters. The molecule has 0 fully saturated rings. The molecule has 0 unspecified atom stereocenters. The summed E-state index contributed by atoms with van der Waals surface area (Å²) in [6.07, 6.45) is 1.01. The highest BCUT2D eigenvalue weighted by molar-refractivity contribution is 7.18. The van der Waals surface area contributed by atoms with Crippen LogP contribution in [-0.2, 0) is 13.5 Å². The number of rotatable bonds is 2. The van der Waals surface area contributed by atoms with Crippen LogP contribution in [0.4, 0.5) is 0 Å². The van der Waals surface area contributed by atoms with Crippen LogP contribution in [0.25, 0.3) is 10.2 Å². The highest BCUT2D eigenvalue weighted by Gasteiger charge is 2.15. The van der Waals surface area contributed by atoms with E-state index in [2.05, 4.69) is 66.2 Å². The van der Waals surface area contributed by atoms with E-state index in [1.807, 2.05) is 11.3 Å². The third-order valence-corrected chi connectivity index (χ3v) is 4.25. The molecule has 0 aliphatic carbocycles. The lowest BCUT2D eigenvalue weighted by molar-refractivity contribution is -0.647. The lowest BCUT2D eigenvalue weighted by Crippen LogP contribution is -3.00. The van der Waals surface area contributed by atoms with Crippen molar-refractivity contribution in [3.8, 4) is 0 Å². The van der Waals surface area contributed by atoms with Crippen LogP contribution in [0.1, 0.15) is 10.6 Å². The molecular formula is C15H14BrNS. The van der Waals surface area contributed by atoms with Gasteiger partial charge in [-0.1, -0.05) is 53.8 Å². The summed E-state index contributed by atoms with van der Waals surface area (Å²) in [5.41, 5.74) is 2.69. The van der Waals surface area contributed by atoms with E-state index < -0.39 is 0 Å². The average Bonchev–Trinajstić information content (AvgIpc) is 2.68. The summed E-state index contributed by atoms with van der Waals surface area (Å²) in [5.74, 6) is 0. The van der Waals surface area contributed by atoms with Crippen molar-refractivity contribution in [2.45, 2.75) is 6.42 Å². The number of hydrogen-bond donors (Lipinski definition) is 0. The molecule has 0 saturated carbocycles. The van der Waals surface area contributed by atoms with Gasteiger partial charge in [-0.25, -0.2) is 0 Å². The second-order valence-corrected chi connectivity index (χ2v) is 5.30. The normalized spacial score (nSPS) is 10.3. The molecule has 0 saturated heterocycles. The van der Waals surface area contributed by atoms with Gasteiger partial charge in [0.15, 0.2) is 0 Å². The fraction of sp³-hybridized carbons (Fsp3) is 0.133. The number of aromatic nitrogens is 1. The Morgan fingerprint density at radius 3 is 2.33 bits per heavy atom. The van der Waals surface area contributed by atoms with Crippen molar-refractivity contribution in [2.24, 2.45) is 7.05 Å². The van der Waals surface area contributed by atoms with Gasteiger partial charge in [0.1, 0.15) is 11.7 Å². The summed E-state index contributed by atoms with van der Waals surface area (Å²) in [6, 6.07) is 19.2. The lowest BCUT2D eigenvalue weighted by atomic mass is 10.2. The van der Waals surface area contributed by atoms with E-state index in [-0.39, 0.29) is 17.0 Å². The lowest BCUT2D eigenvalue weighted by Gasteiger charge is -1.95.